The zero-order chi connectivity index (χ0) is 21.6. The van der Waals surface area contributed by atoms with Gasteiger partial charge in [-0.05, 0) is 44.1 Å². The first-order valence-corrected chi connectivity index (χ1v) is 11.3. The Hall–Kier alpha value is -2.44. The van der Waals surface area contributed by atoms with Gasteiger partial charge in [0.1, 0.15) is 17.2 Å². The van der Waals surface area contributed by atoms with Crippen molar-refractivity contribution in [1.82, 2.24) is 9.80 Å². The molecule has 0 spiro atoms. The van der Waals surface area contributed by atoms with Crippen LogP contribution in [0.1, 0.15) is 18.4 Å². The summed E-state index contributed by atoms with van der Waals surface area (Å²) >= 11 is 0. The number of nitrogens with zero attached hydrogens (tertiary/aromatic N) is 3. The van der Waals surface area contributed by atoms with Crippen LogP contribution in [0.4, 0.5) is 5.69 Å². The van der Waals surface area contributed by atoms with Gasteiger partial charge in [-0.15, -0.1) is 0 Å². The van der Waals surface area contributed by atoms with Crippen molar-refractivity contribution in [3.8, 4) is 17.2 Å². The second-order valence-corrected chi connectivity index (χ2v) is 8.38. The number of hydrogen-bond donors (Lipinski definition) is 0. The van der Waals surface area contributed by atoms with Gasteiger partial charge in [-0.3, -0.25) is 9.80 Å². The average Bonchev–Trinajstić information content (AvgIpc) is 2.85. The van der Waals surface area contributed by atoms with Crippen molar-refractivity contribution >= 4 is 5.69 Å². The topological polar surface area (TPSA) is 37.4 Å². The molecule has 0 aliphatic carbocycles. The average molecular weight is 426 g/mol. The number of para-hydroxylation sites is 2. The maximum absolute atomic E-state index is 5.58. The third-order valence-corrected chi connectivity index (χ3v) is 6.70. The van der Waals surface area contributed by atoms with Crippen LogP contribution in [0, 0.1) is 0 Å². The Morgan fingerprint density at radius 3 is 2.16 bits per heavy atom. The highest BCUT2D eigenvalue weighted by atomic mass is 16.5. The highest BCUT2D eigenvalue weighted by molar-refractivity contribution is 5.58. The lowest BCUT2D eigenvalue weighted by atomic mass is 10.0. The van der Waals surface area contributed by atoms with E-state index < -0.39 is 0 Å². The highest BCUT2D eigenvalue weighted by Crippen LogP contribution is 2.30. The molecular formula is C25H35N3O3. The van der Waals surface area contributed by atoms with Gasteiger partial charge in [0.2, 0.25) is 0 Å². The molecule has 2 aromatic rings. The molecule has 4 rings (SSSR count). The van der Waals surface area contributed by atoms with E-state index in [-0.39, 0.29) is 0 Å². The van der Waals surface area contributed by atoms with Crippen LogP contribution in [-0.4, -0.2) is 76.4 Å². The maximum Gasteiger partial charge on any atom is 0.142 e. The Bertz CT molecular complexity index is 844. The standard InChI is InChI=1S/C25H35N3O3/c1-29-22-9-8-20(25(18-22)31-3)19-26-12-10-21(11-13-26)27-14-16-28(17-15-27)23-6-4-5-7-24(23)30-2/h4-9,18,21H,10-17,19H2,1-3H3. The van der Waals surface area contributed by atoms with Gasteiger partial charge in [-0.25, -0.2) is 0 Å². The monoisotopic (exact) mass is 425 g/mol. The molecule has 0 radical (unpaired) electrons. The molecule has 2 fully saturated rings. The number of anilines is 1. The summed E-state index contributed by atoms with van der Waals surface area (Å²) in [6, 6.07) is 15.2. The summed E-state index contributed by atoms with van der Waals surface area (Å²) in [7, 11) is 5.18. The zero-order valence-corrected chi connectivity index (χ0v) is 19.0. The quantitative estimate of drug-likeness (QED) is 0.676. The smallest absolute Gasteiger partial charge is 0.142 e. The summed E-state index contributed by atoms with van der Waals surface area (Å²) in [6.45, 7) is 7.55. The molecule has 2 aliphatic rings. The number of piperidine rings is 1. The van der Waals surface area contributed by atoms with Crippen LogP contribution in [-0.2, 0) is 6.54 Å². The molecule has 0 N–H and O–H groups in total. The molecule has 0 bridgehead atoms. The number of likely N-dealkylation sites (tertiary alicyclic amines) is 1. The molecule has 0 amide bonds. The fraction of sp³-hybridized carbons (Fsp3) is 0.520. The van der Waals surface area contributed by atoms with Crippen LogP contribution in [0.2, 0.25) is 0 Å². The lowest BCUT2D eigenvalue weighted by molar-refractivity contribution is 0.0993. The van der Waals surface area contributed by atoms with Crippen molar-refractivity contribution in [2.75, 3.05) is 65.5 Å². The third-order valence-electron chi connectivity index (χ3n) is 6.70. The molecule has 2 aromatic carbocycles. The van der Waals surface area contributed by atoms with E-state index >= 15 is 0 Å². The Kier molecular flexibility index (Phi) is 7.20. The summed E-state index contributed by atoms with van der Waals surface area (Å²) in [4.78, 5) is 7.70. The van der Waals surface area contributed by atoms with E-state index in [4.69, 9.17) is 14.2 Å². The summed E-state index contributed by atoms with van der Waals surface area (Å²) < 4.78 is 16.5. The predicted octanol–water partition coefficient (Wildman–Crippen LogP) is 3.50. The number of methoxy groups -OCH3 is 3. The molecule has 0 aromatic heterocycles. The largest absolute Gasteiger partial charge is 0.497 e. The Morgan fingerprint density at radius 1 is 0.774 bits per heavy atom. The third kappa shape index (κ3) is 5.08. The zero-order valence-electron chi connectivity index (χ0n) is 19.0. The predicted molar refractivity (Wildman–Crippen MR) is 125 cm³/mol. The van der Waals surface area contributed by atoms with Crippen LogP contribution in [0.15, 0.2) is 42.5 Å². The molecule has 2 saturated heterocycles. The van der Waals surface area contributed by atoms with E-state index in [1.165, 1.54) is 24.1 Å². The van der Waals surface area contributed by atoms with Gasteiger partial charge in [0.15, 0.2) is 0 Å². The molecule has 0 atom stereocenters. The number of benzene rings is 2. The second-order valence-electron chi connectivity index (χ2n) is 8.38. The van der Waals surface area contributed by atoms with Crippen molar-refractivity contribution in [3.05, 3.63) is 48.0 Å². The summed E-state index contributed by atoms with van der Waals surface area (Å²) in [6.07, 6.45) is 2.46. The Balaban J connectivity index is 1.27. The van der Waals surface area contributed by atoms with Gasteiger partial charge in [-0.2, -0.15) is 0 Å². The number of ether oxygens (including phenoxy) is 3. The fourth-order valence-corrected chi connectivity index (χ4v) is 4.88. The van der Waals surface area contributed by atoms with E-state index in [1.807, 2.05) is 18.2 Å². The van der Waals surface area contributed by atoms with Crippen LogP contribution >= 0.6 is 0 Å². The summed E-state index contributed by atoms with van der Waals surface area (Å²) in [5, 5.41) is 0. The molecule has 6 nitrogen and oxygen atoms in total. The van der Waals surface area contributed by atoms with Gasteiger partial charge < -0.3 is 19.1 Å². The van der Waals surface area contributed by atoms with Crippen LogP contribution in [0.3, 0.4) is 0 Å². The van der Waals surface area contributed by atoms with Crippen molar-refractivity contribution < 1.29 is 14.2 Å². The Labute approximate surface area is 186 Å². The van der Waals surface area contributed by atoms with E-state index in [0.29, 0.717) is 6.04 Å². The van der Waals surface area contributed by atoms with Gasteiger partial charge in [0.05, 0.1) is 27.0 Å². The van der Waals surface area contributed by atoms with Crippen LogP contribution < -0.4 is 19.1 Å². The highest BCUT2D eigenvalue weighted by Gasteiger charge is 2.28. The second kappa shape index (κ2) is 10.2. The molecule has 0 unspecified atom stereocenters. The summed E-state index contributed by atoms with van der Waals surface area (Å²) in [5.41, 5.74) is 2.44. The minimum Gasteiger partial charge on any atom is -0.497 e. The summed E-state index contributed by atoms with van der Waals surface area (Å²) in [5.74, 6) is 2.72. The lowest BCUT2D eigenvalue weighted by Crippen LogP contribution is -2.53. The molecule has 31 heavy (non-hydrogen) atoms. The molecule has 0 saturated carbocycles. The number of piperazine rings is 1. The van der Waals surface area contributed by atoms with Gasteiger partial charge in [-0.1, -0.05) is 18.2 Å². The minimum absolute atomic E-state index is 0.689. The molecule has 6 heteroatoms. The van der Waals surface area contributed by atoms with E-state index in [2.05, 4.69) is 39.0 Å². The van der Waals surface area contributed by atoms with Crippen molar-refractivity contribution in [1.29, 1.82) is 0 Å². The molecular weight excluding hydrogens is 390 g/mol. The molecule has 2 aliphatic heterocycles. The van der Waals surface area contributed by atoms with Crippen molar-refractivity contribution in [3.63, 3.8) is 0 Å². The van der Waals surface area contributed by atoms with Crippen molar-refractivity contribution in [2.24, 2.45) is 0 Å². The van der Waals surface area contributed by atoms with Crippen molar-refractivity contribution in [2.45, 2.75) is 25.4 Å². The van der Waals surface area contributed by atoms with Crippen LogP contribution in [0.25, 0.3) is 0 Å². The molecule has 2 heterocycles. The van der Waals surface area contributed by atoms with E-state index in [9.17, 15) is 0 Å². The van der Waals surface area contributed by atoms with E-state index in [1.54, 1.807) is 21.3 Å². The van der Waals surface area contributed by atoms with Gasteiger partial charge >= 0.3 is 0 Å². The van der Waals surface area contributed by atoms with Gasteiger partial charge in [0.25, 0.3) is 0 Å². The van der Waals surface area contributed by atoms with Gasteiger partial charge in [0, 0.05) is 50.4 Å². The first-order chi connectivity index (χ1) is 15.2. The Morgan fingerprint density at radius 2 is 1.48 bits per heavy atom. The minimum atomic E-state index is 0.689. The van der Waals surface area contributed by atoms with Crippen LogP contribution in [0.5, 0.6) is 17.2 Å². The maximum atomic E-state index is 5.58. The first kappa shape index (κ1) is 21.8. The normalized spacial score (nSPS) is 18.7. The molecule has 168 valence electrons. The lowest BCUT2D eigenvalue weighted by Gasteiger charge is -2.43. The number of rotatable bonds is 7. The first-order valence-electron chi connectivity index (χ1n) is 11.3. The van der Waals surface area contributed by atoms with E-state index in [0.717, 1.165) is 63.1 Å². The fourth-order valence-electron chi connectivity index (χ4n) is 4.88. The SMILES string of the molecule is COc1ccc(CN2CCC(N3CCN(c4ccccc4OC)CC3)CC2)c(OC)c1. The number of hydrogen-bond acceptors (Lipinski definition) is 6.